The summed E-state index contributed by atoms with van der Waals surface area (Å²) >= 11 is 0. The summed E-state index contributed by atoms with van der Waals surface area (Å²) in [7, 11) is 6.08. The van der Waals surface area contributed by atoms with Crippen LogP contribution in [-0.4, -0.2) is 40.1 Å². The van der Waals surface area contributed by atoms with Crippen molar-refractivity contribution in [2.24, 2.45) is 0 Å². The highest BCUT2D eigenvalue weighted by atomic mass is 19.1. The van der Waals surface area contributed by atoms with Crippen LogP contribution < -0.4 is 29.2 Å². The van der Waals surface area contributed by atoms with Gasteiger partial charge in [0.1, 0.15) is 11.6 Å². The fourth-order valence-corrected chi connectivity index (χ4v) is 6.39. The molecule has 0 bridgehead atoms. The zero-order chi connectivity index (χ0) is 32.5. The Morgan fingerprint density at radius 1 is 0.804 bits per heavy atom. The molecule has 1 heterocycles. The van der Waals surface area contributed by atoms with Crippen LogP contribution in [0.5, 0.6) is 23.0 Å². The van der Waals surface area contributed by atoms with Crippen LogP contribution in [0.1, 0.15) is 51.8 Å². The van der Waals surface area contributed by atoms with Crippen molar-refractivity contribution >= 4 is 23.1 Å². The smallest absolute Gasteiger partial charge is 0.259 e. The molecule has 2 aliphatic rings. The van der Waals surface area contributed by atoms with Gasteiger partial charge in [0.05, 0.1) is 45.9 Å². The zero-order valence-corrected chi connectivity index (χ0v) is 26.3. The topological polar surface area (TPSA) is 86.3 Å². The Hall–Kier alpha value is -5.31. The lowest BCUT2D eigenvalue weighted by atomic mass is 9.78. The van der Waals surface area contributed by atoms with Crippen molar-refractivity contribution in [3.8, 4) is 23.0 Å². The highest BCUT2D eigenvalue weighted by Gasteiger charge is 2.42. The van der Waals surface area contributed by atoms with Crippen LogP contribution in [0.4, 0.5) is 15.8 Å². The predicted octanol–water partition coefficient (Wildman–Crippen LogP) is 7.38. The number of nitrogens with one attached hydrogen (secondary N) is 1. The molecule has 6 rings (SSSR count). The number of allylic oxidation sites excluding steroid dienone is 1. The third-order valence-electron chi connectivity index (χ3n) is 8.64. The van der Waals surface area contributed by atoms with E-state index < -0.39 is 17.8 Å². The molecule has 2 atom stereocenters. The van der Waals surface area contributed by atoms with E-state index in [9.17, 15) is 14.0 Å². The highest BCUT2D eigenvalue weighted by molar-refractivity contribution is 6.12. The lowest BCUT2D eigenvalue weighted by molar-refractivity contribution is -0.116. The van der Waals surface area contributed by atoms with Crippen LogP contribution in [0.2, 0.25) is 0 Å². The zero-order valence-electron chi connectivity index (χ0n) is 26.3. The second kappa shape index (κ2) is 12.6. The summed E-state index contributed by atoms with van der Waals surface area (Å²) in [5.74, 6) is 0.705. The minimum atomic E-state index is -0.859. The third-order valence-corrected chi connectivity index (χ3v) is 8.64. The molecule has 1 amide bonds. The minimum Gasteiger partial charge on any atom is -0.497 e. The molecular formula is C37H35FN2O6. The number of hydrogen-bond donors (Lipinski definition) is 1. The first-order valence-electron chi connectivity index (χ1n) is 14.9. The first-order valence-corrected chi connectivity index (χ1v) is 14.9. The number of nitrogens with zero attached hydrogens (tertiary/aromatic N) is 1. The number of ether oxygens (including phenoxy) is 4. The van der Waals surface area contributed by atoms with Gasteiger partial charge >= 0.3 is 0 Å². The second-order valence-electron chi connectivity index (χ2n) is 11.4. The van der Waals surface area contributed by atoms with Crippen molar-refractivity contribution in [3.63, 3.8) is 0 Å². The van der Waals surface area contributed by atoms with Gasteiger partial charge < -0.3 is 24.3 Å². The van der Waals surface area contributed by atoms with Crippen LogP contribution >= 0.6 is 0 Å². The number of fused-ring (bicyclic) bond motifs is 1. The van der Waals surface area contributed by atoms with Crippen LogP contribution in [0.15, 0.2) is 90.1 Å². The molecule has 46 heavy (non-hydrogen) atoms. The van der Waals surface area contributed by atoms with Gasteiger partial charge in [-0.1, -0.05) is 30.3 Å². The molecule has 0 spiro atoms. The summed E-state index contributed by atoms with van der Waals surface area (Å²) in [6.45, 7) is 1.94. The predicted molar refractivity (Wildman–Crippen MR) is 174 cm³/mol. The number of halogens is 1. The molecule has 1 N–H and O–H groups in total. The monoisotopic (exact) mass is 622 g/mol. The van der Waals surface area contributed by atoms with Gasteiger partial charge in [-0.2, -0.15) is 0 Å². The van der Waals surface area contributed by atoms with E-state index in [0.29, 0.717) is 46.2 Å². The first-order chi connectivity index (χ1) is 22.3. The van der Waals surface area contributed by atoms with E-state index in [1.165, 1.54) is 33.5 Å². The van der Waals surface area contributed by atoms with Crippen LogP contribution in [0.25, 0.3) is 0 Å². The number of carbonyl (C=O) groups is 2. The molecule has 0 radical (unpaired) electrons. The van der Waals surface area contributed by atoms with Crippen LogP contribution in [0, 0.1) is 12.7 Å². The standard InChI is InChI=1S/C37H35FN2O6/c1-21-6-15-28-30(16-21)40(37(42)25-19-32(44-3)36(46-5)33(20-25)45-4)35(23-7-11-26(38)12-8-23)34-29(39-28)17-24(18-31(34)41)22-9-13-27(43-2)14-10-22/h6-16,19-20,24,35,39H,17-18H2,1-5H3/t24-,35+/m0/s1. The van der Waals surface area contributed by atoms with Crippen molar-refractivity contribution in [1.29, 1.82) is 0 Å². The molecule has 8 nitrogen and oxygen atoms in total. The summed E-state index contributed by atoms with van der Waals surface area (Å²) in [4.78, 5) is 30.8. The van der Waals surface area contributed by atoms with E-state index in [4.69, 9.17) is 18.9 Å². The minimum absolute atomic E-state index is 0.0928. The van der Waals surface area contributed by atoms with E-state index in [2.05, 4.69) is 5.32 Å². The summed E-state index contributed by atoms with van der Waals surface area (Å²) < 4.78 is 36.2. The quantitative estimate of drug-likeness (QED) is 0.230. The average Bonchev–Trinajstić information content (AvgIpc) is 3.22. The molecule has 4 aromatic carbocycles. The summed E-state index contributed by atoms with van der Waals surface area (Å²) in [6.07, 6.45) is 0.775. The largest absolute Gasteiger partial charge is 0.497 e. The number of ketones is 1. The molecule has 9 heteroatoms. The second-order valence-corrected chi connectivity index (χ2v) is 11.4. The number of methoxy groups -OCH3 is 4. The molecule has 0 unspecified atom stereocenters. The summed E-state index contributed by atoms with van der Waals surface area (Å²) in [6, 6.07) is 21.8. The Balaban J connectivity index is 1.56. The van der Waals surface area contributed by atoms with Gasteiger partial charge in [0.25, 0.3) is 5.91 Å². The van der Waals surface area contributed by atoms with E-state index in [1.807, 2.05) is 49.4 Å². The van der Waals surface area contributed by atoms with Crippen LogP contribution in [0.3, 0.4) is 0 Å². The molecular weight excluding hydrogens is 587 g/mol. The van der Waals surface area contributed by atoms with E-state index >= 15 is 0 Å². The fourth-order valence-electron chi connectivity index (χ4n) is 6.39. The molecule has 4 aromatic rings. The Morgan fingerprint density at radius 2 is 1.46 bits per heavy atom. The van der Waals surface area contributed by atoms with Gasteiger partial charge in [0.15, 0.2) is 17.3 Å². The van der Waals surface area contributed by atoms with Gasteiger partial charge in [-0.05, 0) is 84.5 Å². The number of carbonyl (C=O) groups excluding carboxylic acids is 2. The SMILES string of the molecule is COc1ccc([C@@H]2CC(=O)C3=C(C2)Nc2ccc(C)cc2N(C(=O)c2cc(OC)c(OC)c(OC)c2)[C@@H]3c2ccc(F)cc2)cc1. The lowest BCUT2D eigenvalue weighted by Crippen LogP contribution is -2.38. The van der Waals surface area contributed by atoms with Crippen molar-refractivity contribution in [2.45, 2.75) is 31.7 Å². The third kappa shape index (κ3) is 5.53. The summed E-state index contributed by atoms with van der Waals surface area (Å²) in [5.41, 5.74) is 5.23. The van der Waals surface area contributed by atoms with E-state index in [-0.39, 0.29) is 23.7 Å². The first kappa shape index (κ1) is 30.7. The average molecular weight is 623 g/mol. The fraction of sp³-hybridized carbons (Fsp3) is 0.243. The molecule has 236 valence electrons. The maximum Gasteiger partial charge on any atom is 0.259 e. The lowest BCUT2D eigenvalue weighted by Gasteiger charge is -2.35. The molecule has 1 aliphatic carbocycles. The van der Waals surface area contributed by atoms with Crippen LogP contribution in [-0.2, 0) is 4.79 Å². The highest BCUT2D eigenvalue weighted by Crippen LogP contribution is 2.49. The number of aryl methyl sites for hydroxylation is 1. The van der Waals surface area contributed by atoms with Gasteiger partial charge in [-0.3, -0.25) is 14.5 Å². The van der Waals surface area contributed by atoms with Crippen molar-refractivity contribution in [1.82, 2.24) is 0 Å². The Labute approximate surface area is 267 Å². The Kier molecular flexibility index (Phi) is 8.41. The molecule has 0 saturated heterocycles. The van der Waals surface area contributed by atoms with Crippen molar-refractivity contribution < 1.29 is 32.9 Å². The molecule has 0 fully saturated rings. The number of hydrogen-bond acceptors (Lipinski definition) is 7. The van der Waals surface area contributed by atoms with Crippen molar-refractivity contribution in [3.05, 3.63) is 118 Å². The number of rotatable bonds is 7. The number of benzene rings is 4. The Bertz CT molecular complexity index is 1810. The number of anilines is 2. The Morgan fingerprint density at radius 3 is 2.07 bits per heavy atom. The van der Waals surface area contributed by atoms with Crippen molar-refractivity contribution in [2.75, 3.05) is 38.7 Å². The van der Waals surface area contributed by atoms with E-state index in [0.717, 1.165) is 22.6 Å². The van der Waals surface area contributed by atoms with Gasteiger partial charge in [-0.25, -0.2) is 4.39 Å². The normalized spacial score (nSPS) is 17.3. The van der Waals surface area contributed by atoms with Gasteiger partial charge in [0.2, 0.25) is 5.75 Å². The van der Waals surface area contributed by atoms with Gasteiger partial charge in [-0.15, -0.1) is 0 Å². The molecule has 0 saturated carbocycles. The number of Topliss-reactive ketones (excluding diaryl/α,β-unsaturated/α-hetero) is 1. The maximum atomic E-state index is 14.9. The molecule has 1 aliphatic heterocycles. The number of amides is 1. The van der Waals surface area contributed by atoms with Gasteiger partial charge in [0, 0.05) is 23.3 Å². The molecule has 0 aromatic heterocycles. The van der Waals surface area contributed by atoms with E-state index in [1.54, 1.807) is 36.3 Å². The summed E-state index contributed by atoms with van der Waals surface area (Å²) in [5, 5.41) is 3.55. The maximum absolute atomic E-state index is 14.9.